The maximum atomic E-state index is 12.7. The molecule has 0 radical (unpaired) electrons. The second-order valence-corrected chi connectivity index (χ2v) is 11.7. The summed E-state index contributed by atoms with van der Waals surface area (Å²) < 4.78 is 7.62. The van der Waals surface area contributed by atoms with Crippen molar-refractivity contribution in [1.82, 2.24) is 35.4 Å². The maximum Gasteiger partial charge on any atom is 0.263 e. The van der Waals surface area contributed by atoms with Gasteiger partial charge in [0.1, 0.15) is 4.88 Å². The molecule has 1 aliphatic heterocycles. The van der Waals surface area contributed by atoms with Crippen molar-refractivity contribution in [2.24, 2.45) is 0 Å². The molecule has 204 valence electrons. The summed E-state index contributed by atoms with van der Waals surface area (Å²) in [5, 5.41) is 15.0. The minimum Gasteiger partial charge on any atom is -0.374 e. The van der Waals surface area contributed by atoms with E-state index in [-0.39, 0.29) is 17.4 Å². The van der Waals surface area contributed by atoms with Crippen molar-refractivity contribution in [2.75, 3.05) is 25.0 Å². The van der Waals surface area contributed by atoms with Crippen LogP contribution in [0.25, 0.3) is 11.3 Å². The monoisotopic (exact) mass is 546 g/mol. The van der Waals surface area contributed by atoms with Crippen molar-refractivity contribution in [1.29, 1.82) is 0 Å². The number of ether oxygens (including phenoxy) is 1. The molecule has 1 amide bonds. The first kappa shape index (κ1) is 26.9. The Morgan fingerprint density at radius 3 is 2.85 bits per heavy atom. The molecule has 4 aromatic rings. The van der Waals surface area contributed by atoms with Crippen molar-refractivity contribution in [3.8, 4) is 11.3 Å². The second kappa shape index (κ2) is 11.6. The van der Waals surface area contributed by atoms with Gasteiger partial charge in [0, 0.05) is 43.0 Å². The smallest absolute Gasteiger partial charge is 0.263 e. The molecule has 1 saturated heterocycles. The largest absolute Gasteiger partial charge is 0.374 e. The van der Waals surface area contributed by atoms with Gasteiger partial charge in [0.25, 0.3) is 5.91 Å². The van der Waals surface area contributed by atoms with Gasteiger partial charge in [0.15, 0.2) is 0 Å². The number of hydrogen-bond acceptors (Lipinski definition) is 9. The Hall–Kier alpha value is -3.67. The van der Waals surface area contributed by atoms with E-state index in [4.69, 9.17) is 9.72 Å². The lowest BCUT2D eigenvalue weighted by Gasteiger charge is -2.23. The number of thiazole rings is 1. The van der Waals surface area contributed by atoms with E-state index in [1.165, 1.54) is 11.3 Å². The van der Waals surface area contributed by atoms with E-state index < -0.39 is 0 Å². The lowest BCUT2D eigenvalue weighted by molar-refractivity contribution is 0.0161. The highest BCUT2D eigenvalue weighted by molar-refractivity contribution is 7.13. The Kier molecular flexibility index (Phi) is 8.01. The van der Waals surface area contributed by atoms with Gasteiger partial charge >= 0.3 is 0 Å². The number of aryl methyl sites for hydroxylation is 1. The molecule has 1 aromatic carbocycles. The highest BCUT2D eigenvalue weighted by atomic mass is 32.1. The van der Waals surface area contributed by atoms with Gasteiger partial charge in [0.2, 0.25) is 5.95 Å². The van der Waals surface area contributed by atoms with Crippen molar-refractivity contribution in [3.63, 3.8) is 0 Å². The van der Waals surface area contributed by atoms with E-state index in [2.05, 4.69) is 57.9 Å². The summed E-state index contributed by atoms with van der Waals surface area (Å²) in [5.74, 6) is 0.389. The molecule has 11 heteroatoms. The molecule has 39 heavy (non-hydrogen) atoms. The highest BCUT2D eigenvalue weighted by Crippen LogP contribution is 2.27. The molecule has 5 rings (SSSR count). The Bertz CT molecular complexity index is 1440. The van der Waals surface area contributed by atoms with Gasteiger partial charge in [-0.1, -0.05) is 32.9 Å². The molecule has 4 heterocycles. The van der Waals surface area contributed by atoms with Crippen LogP contribution in [-0.4, -0.2) is 56.4 Å². The maximum absolute atomic E-state index is 12.7. The van der Waals surface area contributed by atoms with Crippen LogP contribution in [0.4, 0.5) is 11.6 Å². The van der Waals surface area contributed by atoms with Crippen molar-refractivity contribution in [2.45, 2.75) is 52.3 Å². The molecule has 1 fully saturated rings. The molecule has 10 nitrogen and oxygen atoms in total. The van der Waals surface area contributed by atoms with Gasteiger partial charge in [-0.3, -0.25) is 9.48 Å². The molecular formula is C28H34N8O2S. The first-order chi connectivity index (χ1) is 18.7. The summed E-state index contributed by atoms with van der Waals surface area (Å²) in [4.78, 5) is 26.8. The topological polar surface area (TPSA) is 119 Å². The zero-order valence-electron chi connectivity index (χ0n) is 22.7. The number of aromatic nitrogens is 5. The first-order valence-corrected chi connectivity index (χ1v) is 13.9. The molecule has 1 aliphatic rings. The fourth-order valence-electron chi connectivity index (χ4n) is 4.22. The predicted molar refractivity (Wildman–Crippen MR) is 152 cm³/mol. The number of benzene rings is 1. The minimum atomic E-state index is -0.107. The van der Waals surface area contributed by atoms with Crippen LogP contribution in [0.15, 0.2) is 49.1 Å². The summed E-state index contributed by atoms with van der Waals surface area (Å²) in [6, 6.07) is 8.00. The fraction of sp³-hybridized carbons (Fsp3) is 0.393. The van der Waals surface area contributed by atoms with E-state index >= 15 is 0 Å². The SMILES string of the molecule is Cc1cc(-c2ccnc(Nc3cnn(C[C@@H]4CNCCO4)c3)n2)ccc1CNC(=O)c1cnc(C(C)(C)C)s1. The Labute approximate surface area is 232 Å². The third kappa shape index (κ3) is 6.86. The quantitative estimate of drug-likeness (QED) is 0.303. The molecule has 0 unspecified atom stereocenters. The van der Waals surface area contributed by atoms with Crippen LogP contribution >= 0.6 is 11.3 Å². The molecule has 0 aliphatic carbocycles. The van der Waals surface area contributed by atoms with Crippen molar-refractivity contribution in [3.05, 3.63) is 70.1 Å². The Morgan fingerprint density at radius 1 is 1.23 bits per heavy atom. The molecule has 0 bridgehead atoms. The Balaban J connectivity index is 1.20. The number of anilines is 2. The number of amides is 1. The number of carbonyl (C=O) groups is 1. The number of rotatable bonds is 8. The van der Waals surface area contributed by atoms with Gasteiger partial charge in [-0.05, 0) is 30.2 Å². The lowest BCUT2D eigenvalue weighted by Crippen LogP contribution is -2.40. The summed E-state index contributed by atoms with van der Waals surface area (Å²) in [6.07, 6.45) is 7.19. The normalized spacial score (nSPS) is 15.7. The van der Waals surface area contributed by atoms with Gasteiger partial charge in [-0.2, -0.15) is 5.10 Å². The molecule has 1 atom stereocenters. The third-order valence-corrected chi connectivity index (χ3v) is 7.81. The lowest BCUT2D eigenvalue weighted by atomic mass is 9.98. The predicted octanol–water partition coefficient (Wildman–Crippen LogP) is 4.06. The summed E-state index contributed by atoms with van der Waals surface area (Å²) in [6.45, 7) is 11.9. The first-order valence-electron chi connectivity index (χ1n) is 13.0. The van der Waals surface area contributed by atoms with Crippen LogP contribution in [0.5, 0.6) is 0 Å². The summed E-state index contributed by atoms with van der Waals surface area (Å²) in [7, 11) is 0. The van der Waals surface area contributed by atoms with Crippen LogP contribution in [-0.2, 0) is 23.2 Å². The number of morpholine rings is 1. The summed E-state index contributed by atoms with van der Waals surface area (Å²) >= 11 is 1.44. The van der Waals surface area contributed by atoms with E-state index in [1.807, 2.05) is 36.0 Å². The van der Waals surface area contributed by atoms with E-state index in [9.17, 15) is 4.79 Å². The molecule has 3 aromatic heterocycles. The average Bonchev–Trinajstić information content (AvgIpc) is 3.59. The van der Waals surface area contributed by atoms with Crippen LogP contribution in [0.1, 0.15) is 46.6 Å². The van der Waals surface area contributed by atoms with Gasteiger partial charge in [0.05, 0.1) is 48.0 Å². The number of carbonyl (C=O) groups excluding carboxylic acids is 1. The van der Waals surface area contributed by atoms with Crippen LogP contribution in [0, 0.1) is 6.92 Å². The van der Waals surface area contributed by atoms with Crippen LogP contribution < -0.4 is 16.0 Å². The van der Waals surface area contributed by atoms with Crippen molar-refractivity contribution < 1.29 is 9.53 Å². The van der Waals surface area contributed by atoms with Crippen molar-refractivity contribution >= 4 is 28.9 Å². The minimum absolute atomic E-state index is 0.0736. The molecular weight excluding hydrogens is 512 g/mol. The average molecular weight is 547 g/mol. The van der Waals surface area contributed by atoms with E-state index in [1.54, 1.807) is 18.6 Å². The van der Waals surface area contributed by atoms with Crippen LogP contribution in [0.3, 0.4) is 0 Å². The highest BCUT2D eigenvalue weighted by Gasteiger charge is 2.20. The number of nitrogens with zero attached hydrogens (tertiary/aromatic N) is 5. The number of nitrogens with one attached hydrogen (secondary N) is 3. The Morgan fingerprint density at radius 2 is 2.10 bits per heavy atom. The van der Waals surface area contributed by atoms with Crippen LogP contribution in [0.2, 0.25) is 0 Å². The zero-order valence-corrected chi connectivity index (χ0v) is 23.5. The van der Waals surface area contributed by atoms with Gasteiger partial charge < -0.3 is 20.7 Å². The van der Waals surface area contributed by atoms with E-state index in [0.29, 0.717) is 23.9 Å². The molecule has 0 saturated carbocycles. The third-order valence-electron chi connectivity index (χ3n) is 6.39. The molecule has 3 N–H and O–H groups in total. The standard InChI is InChI=1S/C28H34N8O2S/c1-18-11-19(5-6-20(18)12-31-25(37)24-15-32-26(39-24)28(2,3)4)23-7-8-30-27(35-23)34-21-13-33-36(16-21)17-22-14-29-9-10-38-22/h5-8,11,13,15-16,22,29H,9-10,12,14,17H2,1-4H3,(H,31,37)(H,30,34,35)/t22-/m0/s1. The van der Waals surface area contributed by atoms with E-state index in [0.717, 1.165) is 52.8 Å². The van der Waals surface area contributed by atoms with Gasteiger partial charge in [-0.15, -0.1) is 11.3 Å². The zero-order chi connectivity index (χ0) is 27.4. The summed E-state index contributed by atoms with van der Waals surface area (Å²) in [5.41, 5.74) is 4.64. The van der Waals surface area contributed by atoms with Gasteiger partial charge in [-0.25, -0.2) is 15.0 Å². The number of hydrogen-bond donors (Lipinski definition) is 3. The second-order valence-electron chi connectivity index (χ2n) is 10.6. The molecule has 0 spiro atoms. The fourth-order valence-corrected chi connectivity index (χ4v) is 5.11.